The van der Waals surface area contributed by atoms with E-state index in [1.807, 2.05) is 12.1 Å². The molecule has 3 rings (SSSR count). The summed E-state index contributed by atoms with van der Waals surface area (Å²) in [6.45, 7) is 3.56. The van der Waals surface area contributed by atoms with Gasteiger partial charge in [-0.1, -0.05) is 25.1 Å². The molecule has 2 aromatic rings. The van der Waals surface area contributed by atoms with Gasteiger partial charge < -0.3 is 14.4 Å². The van der Waals surface area contributed by atoms with E-state index in [1.165, 1.54) is 32.4 Å². The first-order chi connectivity index (χ1) is 14.4. The fourth-order valence-electron chi connectivity index (χ4n) is 3.51. The number of hydrogen-bond acceptors (Lipinski definition) is 5. The van der Waals surface area contributed by atoms with Gasteiger partial charge in [0.05, 0.1) is 24.7 Å². The molecule has 7 nitrogen and oxygen atoms in total. The average Bonchev–Trinajstić information content (AvgIpc) is 2.77. The van der Waals surface area contributed by atoms with Gasteiger partial charge in [-0.15, -0.1) is 0 Å². The molecule has 0 aliphatic carbocycles. The molecule has 0 bridgehead atoms. The predicted molar refractivity (Wildman–Crippen MR) is 114 cm³/mol. The third-order valence-electron chi connectivity index (χ3n) is 5.43. The monoisotopic (exact) mass is 432 g/mol. The maximum atomic E-state index is 13.0. The van der Waals surface area contributed by atoms with E-state index in [2.05, 4.69) is 11.6 Å². The van der Waals surface area contributed by atoms with Gasteiger partial charge in [-0.3, -0.25) is 4.79 Å². The number of ether oxygens (including phenoxy) is 2. The fourth-order valence-corrected chi connectivity index (χ4v) is 4.54. The molecular weight excluding hydrogens is 404 g/mol. The zero-order valence-corrected chi connectivity index (χ0v) is 18.4. The molecule has 0 saturated carbocycles. The van der Waals surface area contributed by atoms with Crippen LogP contribution in [0, 0.1) is 5.92 Å². The average molecular weight is 433 g/mol. The lowest BCUT2D eigenvalue weighted by Gasteiger charge is -2.30. The van der Waals surface area contributed by atoms with E-state index in [9.17, 15) is 13.2 Å². The van der Waals surface area contributed by atoms with Crippen LogP contribution in [0.15, 0.2) is 47.4 Å². The summed E-state index contributed by atoms with van der Waals surface area (Å²) >= 11 is 0. The normalized spacial score (nSPS) is 15.1. The number of likely N-dealkylation sites (tertiary alicyclic amines) is 1. The van der Waals surface area contributed by atoms with Gasteiger partial charge in [0, 0.05) is 25.2 Å². The van der Waals surface area contributed by atoms with E-state index in [0.717, 1.165) is 18.4 Å². The van der Waals surface area contributed by atoms with E-state index in [-0.39, 0.29) is 22.9 Å². The molecule has 162 valence electrons. The van der Waals surface area contributed by atoms with Crippen molar-refractivity contribution in [2.45, 2.75) is 31.2 Å². The van der Waals surface area contributed by atoms with Crippen molar-refractivity contribution in [2.75, 3.05) is 27.3 Å². The Morgan fingerprint density at radius 3 is 2.40 bits per heavy atom. The van der Waals surface area contributed by atoms with Crippen molar-refractivity contribution in [3.63, 3.8) is 0 Å². The van der Waals surface area contributed by atoms with Gasteiger partial charge in [-0.05, 0) is 43.0 Å². The second kappa shape index (κ2) is 9.49. The lowest BCUT2D eigenvalue weighted by atomic mass is 9.98. The highest BCUT2D eigenvalue weighted by Crippen LogP contribution is 2.26. The number of nitrogens with zero attached hydrogens (tertiary/aromatic N) is 1. The number of rotatable bonds is 7. The van der Waals surface area contributed by atoms with E-state index < -0.39 is 10.0 Å². The van der Waals surface area contributed by atoms with Gasteiger partial charge in [-0.2, -0.15) is 0 Å². The van der Waals surface area contributed by atoms with Crippen molar-refractivity contribution < 1.29 is 22.7 Å². The smallest absolute Gasteiger partial charge is 0.257 e. The van der Waals surface area contributed by atoms with Crippen LogP contribution in [0.1, 0.15) is 35.7 Å². The van der Waals surface area contributed by atoms with Gasteiger partial charge in [0.2, 0.25) is 10.0 Å². The lowest BCUT2D eigenvalue weighted by molar-refractivity contribution is 0.0693. The molecule has 1 saturated heterocycles. The largest absolute Gasteiger partial charge is 0.496 e. The maximum Gasteiger partial charge on any atom is 0.257 e. The van der Waals surface area contributed by atoms with Crippen molar-refractivity contribution in [1.29, 1.82) is 0 Å². The van der Waals surface area contributed by atoms with Crippen molar-refractivity contribution in [3.8, 4) is 11.5 Å². The van der Waals surface area contributed by atoms with E-state index in [4.69, 9.17) is 9.47 Å². The Hall–Kier alpha value is -2.58. The van der Waals surface area contributed by atoms with Crippen molar-refractivity contribution >= 4 is 15.9 Å². The summed E-state index contributed by atoms with van der Waals surface area (Å²) in [6, 6.07) is 11.6. The molecule has 30 heavy (non-hydrogen) atoms. The Morgan fingerprint density at radius 2 is 1.73 bits per heavy atom. The van der Waals surface area contributed by atoms with Crippen LogP contribution in [0.25, 0.3) is 0 Å². The quantitative estimate of drug-likeness (QED) is 0.727. The van der Waals surface area contributed by atoms with Crippen molar-refractivity contribution in [2.24, 2.45) is 5.92 Å². The molecular formula is C22H28N2O5S. The lowest BCUT2D eigenvalue weighted by Crippen LogP contribution is -2.38. The second-order valence-corrected chi connectivity index (χ2v) is 9.24. The zero-order valence-electron chi connectivity index (χ0n) is 17.6. The van der Waals surface area contributed by atoms with Crippen LogP contribution in [0.3, 0.4) is 0 Å². The zero-order chi connectivity index (χ0) is 21.7. The predicted octanol–water partition coefficient (Wildman–Crippen LogP) is 3.05. The summed E-state index contributed by atoms with van der Waals surface area (Å²) in [5.41, 5.74) is 0.975. The molecule has 1 aliphatic rings. The Morgan fingerprint density at radius 1 is 1.07 bits per heavy atom. The first-order valence-corrected chi connectivity index (χ1v) is 11.4. The minimum Gasteiger partial charge on any atom is -0.496 e. The van der Waals surface area contributed by atoms with Gasteiger partial charge >= 0.3 is 0 Å². The van der Waals surface area contributed by atoms with Crippen LogP contribution in [-0.4, -0.2) is 46.5 Å². The molecule has 0 atom stereocenters. The van der Waals surface area contributed by atoms with Crippen LogP contribution in [0.2, 0.25) is 0 Å². The number of piperidine rings is 1. The Bertz CT molecular complexity index is 998. The van der Waals surface area contributed by atoms with Crippen molar-refractivity contribution in [1.82, 2.24) is 9.62 Å². The Kier molecular flexibility index (Phi) is 6.99. The third kappa shape index (κ3) is 4.94. The number of methoxy groups -OCH3 is 2. The summed E-state index contributed by atoms with van der Waals surface area (Å²) in [5.74, 6) is 1.34. The fraction of sp³-hybridized carbons (Fsp3) is 0.409. The number of carbonyl (C=O) groups excluding carboxylic acids is 1. The molecule has 1 N–H and O–H groups in total. The summed E-state index contributed by atoms with van der Waals surface area (Å²) in [7, 11) is -0.827. The molecule has 0 spiro atoms. The first kappa shape index (κ1) is 22.1. The van der Waals surface area contributed by atoms with Crippen LogP contribution in [-0.2, 0) is 16.6 Å². The number of nitrogens with one attached hydrogen (secondary N) is 1. The van der Waals surface area contributed by atoms with Gasteiger partial charge in [-0.25, -0.2) is 13.1 Å². The Balaban J connectivity index is 1.83. The topological polar surface area (TPSA) is 84.9 Å². The SMILES string of the molecule is COc1ccccc1CNS(=O)(=O)c1ccc(OC)c(C(=O)N2CCC(C)CC2)c1. The molecule has 1 heterocycles. The number of carbonyl (C=O) groups is 1. The molecule has 8 heteroatoms. The van der Waals surface area contributed by atoms with Gasteiger partial charge in [0.15, 0.2) is 0 Å². The van der Waals surface area contributed by atoms with Crippen molar-refractivity contribution in [3.05, 3.63) is 53.6 Å². The van der Waals surface area contributed by atoms with Gasteiger partial charge in [0.1, 0.15) is 11.5 Å². The molecule has 1 aliphatic heterocycles. The van der Waals surface area contributed by atoms with Gasteiger partial charge in [0.25, 0.3) is 5.91 Å². The summed E-state index contributed by atoms with van der Waals surface area (Å²) < 4.78 is 38.9. The third-order valence-corrected chi connectivity index (χ3v) is 6.83. The summed E-state index contributed by atoms with van der Waals surface area (Å²) in [5, 5.41) is 0. The van der Waals surface area contributed by atoms with Crippen LogP contribution in [0.4, 0.5) is 0 Å². The highest BCUT2D eigenvalue weighted by Gasteiger charge is 2.26. The minimum atomic E-state index is -3.84. The molecule has 1 fully saturated rings. The Labute approximate surface area is 178 Å². The minimum absolute atomic E-state index is 0.0203. The summed E-state index contributed by atoms with van der Waals surface area (Å²) in [6.07, 6.45) is 1.87. The first-order valence-electron chi connectivity index (χ1n) is 9.94. The second-order valence-electron chi connectivity index (χ2n) is 7.47. The molecule has 1 amide bonds. The van der Waals surface area contributed by atoms with E-state index >= 15 is 0 Å². The number of amides is 1. The highest BCUT2D eigenvalue weighted by atomic mass is 32.2. The van der Waals surface area contributed by atoms with E-state index in [0.29, 0.717) is 30.5 Å². The number of hydrogen-bond donors (Lipinski definition) is 1. The maximum absolute atomic E-state index is 13.0. The molecule has 0 aromatic heterocycles. The molecule has 0 unspecified atom stereocenters. The van der Waals surface area contributed by atoms with Crippen LogP contribution < -0.4 is 14.2 Å². The molecule has 0 radical (unpaired) electrons. The summed E-state index contributed by atoms with van der Waals surface area (Å²) in [4.78, 5) is 14.8. The standard InChI is InChI=1S/C22H28N2O5S/c1-16-10-12-24(13-11-16)22(25)19-14-18(8-9-21(19)29-3)30(26,27)23-15-17-6-4-5-7-20(17)28-2/h4-9,14,16,23H,10-13,15H2,1-3H3. The number of benzene rings is 2. The highest BCUT2D eigenvalue weighted by molar-refractivity contribution is 7.89. The number of sulfonamides is 1. The van der Waals surface area contributed by atoms with Crippen LogP contribution in [0.5, 0.6) is 11.5 Å². The number of para-hydroxylation sites is 1. The van der Waals surface area contributed by atoms with Crippen LogP contribution >= 0.6 is 0 Å². The molecule has 2 aromatic carbocycles. The van der Waals surface area contributed by atoms with E-state index in [1.54, 1.807) is 17.0 Å².